The third-order valence-electron chi connectivity index (χ3n) is 2.01. The highest BCUT2D eigenvalue weighted by molar-refractivity contribution is 6.68. The summed E-state index contributed by atoms with van der Waals surface area (Å²) in [5.41, 5.74) is 0.686. The van der Waals surface area contributed by atoms with Crippen molar-refractivity contribution in [3.63, 3.8) is 0 Å². The lowest BCUT2D eigenvalue weighted by molar-refractivity contribution is 0.0826. The highest BCUT2D eigenvalue weighted by atomic mass is 35.6. The smallest absolute Gasteiger partial charge is 0.216 e. The Morgan fingerprint density at radius 3 is 2.07 bits per heavy atom. The zero-order valence-electron chi connectivity index (χ0n) is 7.78. The summed E-state index contributed by atoms with van der Waals surface area (Å²) in [5.74, 6) is 0. The van der Waals surface area contributed by atoms with Crippen LogP contribution in [-0.4, -0.2) is 20.1 Å². The van der Waals surface area contributed by atoms with Gasteiger partial charge in [-0.2, -0.15) is 0 Å². The van der Waals surface area contributed by atoms with Crippen LogP contribution in [0.3, 0.4) is 0 Å². The minimum Gasteiger partial charge on any atom is -0.389 e. The molecule has 2 atom stereocenters. The molecule has 15 heavy (non-hydrogen) atoms. The monoisotopic (exact) mass is 268 g/mol. The van der Waals surface area contributed by atoms with Gasteiger partial charge in [-0.3, -0.25) is 0 Å². The minimum atomic E-state index is -1.77. The molecule has 0 spiro atoms. The van der Waals surface area contributed by atoms with Crippen LogP contribution in [0.15, 0.2) is 30.3 Å². The molecule has 2 N–H and O–H groups in total. The molecule has 1 rings (SSSR count). The van der Waals surface area contributed by atoms with Crippen LogP contribution in [0, 0.1) is 0 Å². The van der Waals surface area contributed by atoms with Crippen LogP contribution in [0.5, 0.6) is 0 Å². The number of hydrogen-bond donors (Lipinski definition) is 2. The molecule has 0 radical (unpaired) electrons. The van der Waals surface area contributed by atoms with Crippen molar-refractivity contribution in [2.24, 2.45) is 0 Å². The van der Waals surface area contributed by atoms with Gasteiger partial charge in [0.1, 0.15) is 6.10 Å². The van der Waals surface area contributed by atoms with Crippen molar-refractivity contribution in [1.29, 1.82) is 0 Å². The van der Waals surface area contributed by atoms with E-state index in [0.717, 1.165) is 0 Å². The van der Waals surface area contributed by atoms with Crippen molar-refractivity contribution in [2.75, 3.05) is 0 Å². The summed E-state index contributed by atoms with van der Waals surface area (Å²) in [6.45, 7) is 0. The van der Waals surface area contributed by atoms with Crippen LogP contribution in [0.4, 0.5) is 0 Å². The third kappa shape index (κ3) is 4.17. The van der Waals surface area contributed by atoms with E-state index in [9.17, 15) is 10.2 Å². The third-order valence-corrected chi connectivity index (χ3v) is 2.76. The standard InChI is InChI=1S/C10H11Cl3O2/c11-10(12,13)9(15)6-8(14)7-4-2-1-3-5-7/h1-5,8-9,14-15H,6H2/t8-,9-/m1/s1. The molecule has 0 aromatic heterocycles. The molecule has 0 aliphatic carbocycles. The molecular weight excluding hydrogens is 258 g/mol. The molecule has 0 amide bonds. The summed E-state index contributed by atoms with van der Waals surface area (Å²) in [4.78, 5) is 0. The lowest BCUT2D eigenvalue weighted by Gasteiger charge is -2.21. The molecule has 0 bridgehead atoms. The molecule has 84 valence electrons. The zero-order chi connectivity index (χ0) is 11.5. The van der Waals surface area contributed by atoms with Gasteiger partial charge in [0.25, 0.3) is 0 Å². The number of rotatable bonds is 3. The molecule has 0 unspecified atom stereocenters. The molecule has 0 saturated carbocycles. The lowest BCUT2D eigenvalue weighted by Crippen LogP contribution is -2.27. The Morgan fingerprint density at radius 2 is 1.60 bits per heavy atom. The second-order valence-corrected chi connectivity index (χ2v) is 5.59. The summed E-state index contributed by atoms with van der Waals surface area (Å²) >= 11 is 16.5. The van der Waals surface area contributed by atoms with Gasteiger partial charge < -0.3 is 10.2 Å². The van der Waals surface area contributed by atoms with Crippen LogP contribution >= 0.6 is 34.8 Å². The second kappa shape index (κ2) is 5.37. The normalized spacial score (nSPS) is 16.1. The van der Waals surface area contributed by atoms with Crippen LogP contribution in [0.2, 0.25) is 0 Å². The van der Waals surface area contributed by atoms with Crippen molar-refractivity contribution < 1.29 is 10.2 Å². The first-order valence-corrected chi connectivity index (χ1v) is 5.52. The Labute approximate surface area is 103 Å². The maximum Gasteiger partial charge on any atom is 0.216 e. The van der Waals surface area contributed by atoms with E-state index in [1.165, 1.54) is 0 Å². The fraction of sp³-hybridized carbons (Fsp3) is 0.400. The van der Waals surface area contributed by atoms with Crippen LogP contribution in [-0.2, 0) is 0 Å². The van der Waals surface area contributed by atoms with Gasteiger partial charge >= 0.3 is 0 Å². The maximum absolute atomic E-state index is 9.72. The Hall–Kier alpha value is 0.01000. The van der Waals surface area contributed by atoms with Crippen molar-refractivity contribution in [1.82, 2.24) is 0 Å². The molecule has 2 nitrogen and oxygen atoms in total. The Kier molecular flexibility index (Phi) is 4.68. The van der Waals surface area contributed by atoms with Crippen molar-refractivity contribution in [3.05, 3.63) is 35.9 Å². The molecule has 5 heteroatoms. The number of benzene rings is 1. The lowest BCUT2D eigenvalue weighted by atomic mass is 10.0. The zero-order valence-corrected chi connectivity index (χ0v) is 10.0. The summed E-state index contributed by atoms with van der Waals surface area (Å²) in [7, 11) is 0. The molecule has 1 aromatic carbocycles. The molecular formula is C10H11Cl3O2. The Balaban J connectivity index is 2.61. The number of alkyl halides is 3. The van der Waals surface area contributed by atoms with E-state index in [1.807, 2.05) is 6.07 Å². The molecule has 0 aliphatic heterocycles. The molecule has 0 saturated heterocycles. The summed E-state index contributed by atoms with van der Waals surface area (Å²) in [5, 5.41) is 19.2. The second-order valence-electron chi connectivity index (χ2n) is 3.22. The SMILES string of the molecule is O[C@H](C[C@@H](O)C(Cl)(Cl)Cl)c1ccccc1. The van der Waals surface area contributed by atoms with E-state index in [-0.39, 0.29) is 6.42 Å². The van der Waals surface area contributed by atoms with Gasteiger partial charge in [-0.15, -0.1) is 0 Å². The fourth-order valence-electron chi connectivity index (χ4n) is 1.16. The molecule has 1 aromatic rings. The first-order chi connectivity index (χ1) is 6.91. The minimum absolute atomic E-state index is 0.0134. The molecule has 0 heterocycles. The largest absolute Gasteiger partial charge is 0.389 e. The first-order valence-electron chi connectivity index (χ1n) is 4.39. The topological polar surface area (TPSA) is 40.5 Å². The average Bonchev–Trinajstić information content (AvgIpc) is 2.17. The van der Waals surface area contributed by atoms with E-state index >= 15 is 0 Å². The fourth-order valence-corrected chi connectivity index (χ4v) is 1.42. The predicted molar refractivity (Wildman–Crippen MR) is 62.3 cm³/mol. The van der Waals surface area contributed by atoms with E-state index in [4.69, 9.17) is 34.8 Å². The highest BCUT2D eigenvalue weighted by Crippen LogP contribution is 2.34. The van der Waals surface area contributed by atoms with Crippen LogP contribution in [0.25, 0.3) is 0 Å². The summed E-state index contributed by atoms with van der Waals surface area (Å²) in [6.07, 6.45) is -2.05. The van der Waals surface area contributed by atoms with Crippen molar-refractivity contribution >= 4 is 34.8 Å². The van der Waals surface area contributed by atoms with Gasteiger partial charge in [-0.05, 0) is 5.56 Å². The molecule has 0 fully saturated rings. The summed E-state index contributed by atoms with van der Waals surface area (Å²) < 4.78 is -1.77. The highest BCUT2D eigenvalue weighted by Gasteiger charge is 2.32. The van der Waals surface area contributed by atoms with Gasteiger partial charge in [0.05, 0.1) is 6.10 Å². The Bertz CT molecular complexity index is 297. The van der Waals surface area contributed by atoms with E-state index in [0.29, 0.717) is 5.56 Å². The van der Waals surface area contributed by atoms with E-state index in [2.05, 4.69) is 0 Å². The van der Waals surface area contributed by atoms with Gasteiger partial charge in [0.15, 0.2) is 0 Å². The number of aliphatic hydroxyl groups excluding tert-OH is 2. The van der Waals surface area contributed by atoms with Crippen LogP contribution in [0.1, 0.15) is 18.1 Å². The Morgan fingerprint density at radius 1 is 1.07 bits per heavy atom. The van der Waals surface area contributed by atoms with Gasteiger partial charge in [0, 0.05) is 6.42 Å². The number of aliphatic hydroxyl groups is 2. The number of halogens is 3. The maximum atomic E-state index is 9.72. The van der Waals surface area contributed by atoms with Gasteiger partial charge in [-0.25, -0.2) is 0 Å². The average molecular weight is 270 g/mol. The first kappa shape index (κ1) is 13.1. The van der Waals surface area contributed by atoms with Crippen molar-refractivity contribution in [2.45, 2.75) is 22.4 Å². The van der Waals surface area contributed by atoms with Gasteiger partial charge in [0.2, 0.25) is 3.79 Å². The van der Waals surface area contributed by atoms with Crippen molar-refractivity contribution in [3.8, 4) is 0 Å². The summed E-state index contributed by atoms with van der Waals surface area (Å²) in [6, 6.07) is 8.91. The van der Waals surface area contributed by atoms with E-state index < -0.39 is 16.0 Å². The van der Waals surface area contributed by atoms with E-state index in [1.54, 1.807) is 24.3 Å². The predicted octanol–water partition coefficient (Wildman–Crippen LogP) is 2.84. The number of hydrogen-bond acceptors (Lipinski definition) is 2. The van der Waals surface area contributed by atoms with Gasteiger partial charge in [-0.1, -0.05) is 65.1 Å². The van der Waals surface area contributed by atoms with Crippen LogP contribution < -0.4 is 0 Å². The molecule has 0 aliphatic rings. The quantitative estimate of drug-likeness (QED) is 0.829.